The molecule has 106 valence electrons. The lowest BCUT2D eigenvalue weighted by Gasteiger charge is -2.11. The van der Waals surface area contributed by atoms with Gasteiger partial charge in [0, 0.05) is 11.0 Å². The Morgan fingerprint density at radius 1 is 1.45 bits per heavy atom. The van der Waals surface area contributed by atoms with Crippen LogP contribution in [0.3, 0.4) is 0 Å². The van der Waals surface area contributed by atoms with Gasteiger partial charge in [-0.15, -0.1) is 0 Å². The van der Waals surface area contributed by atoms with Crippen molar-refractivity contribution in [1.82, 2.24) is 9.55 Å². The Morgan fingerprint density at radius 2 is 2.10 bits per heavy atom. The van der Waals surface area contributed by atoms with Gasteiger partial charge in [-0.05, 0) is 31.5 Å². The van der Waals surface area contributed by atoms with E-state index in [0.29, 0.717) is 0 Å². The van der Waals surface area contributed by atoms with Gasteiger partial charge in [0.1, 0.15) is 0 Å². The molecular formula is C14H16BrN3OS. The van der Waals surface area contributed by atoms with Crippen LogP contribution < -0.4 is 5.73 Å². The number of amides is 1. The zero-order chi connectivity index (χ0) is 14.7. The minimum Gasteiger partial charge on any atom is -0.369 e. The monoisotopic (exact) mass is 353 g/mol. The number of hydrogen-bond donors (Lipinski definition) is 1. The van der Waals surface area contributed by atoms with Gasteiger partial charge in [0.25, 0.3) is 0 Å². The average Bonchev–Trinajstić information content (AvgIpc) is 2.82. The number of rotatable bonds is 5. The molecule has 0 saturated heterocycles. The lowest BCUT2D eigenvalue weighted by Crippen LogP contribution is -2.23. The van der Waals surface area contributed by atoms with E-state index >= 15 is 0 Å². The Bertz CT molecular complexity index is 609. The molecule has 1 aromatic heterocycles. The fourth-order valence-electron chi connectivity index (χ4n) is 1.83. The lowest BCUT2D eigenvalue weighted by molar-refractivity contribution is -0.117. The molecule has 1 unspecified atom stereocenters. The maximum absolute atomic E-state index is 11.2. The fourth-order valence-corrected chi connectivity index (χ4v) is 2.99. The summed E-state index contributed by atoms with van der Waals surface area (Å²) in [4.78, 5) is 15.6. The molecule has 1 aromatic carbocycles. The summed E-state index contributed by atoms with van der Waals surface area (Å²) < 4.78 is 3.13. The number of halogens is 1. The van der Waals surface area contributed by atoms with Crippen molar-refractivity contribution < 1.29 is 4.79 Å². The number of benzene rings is 1. The number of imidazole rings is 1. The molecule has 2 N–H and O–H groups in total. The molecule has 0 aliphatic carbocycles. The molecule has 0 radical (unpaired) electrons. The second kappa shape index (κ2) is 6.45. The molecule has 1 atom stereocenters. The number of aromatic nitrogens is 2. The van der Waals surface area contributed by atoms with Crippen molar-refractivity contribution in [1.29, 1.82) is 0 Å². The first kappa shape index (κ1) is 15.1. The molecule has 2 rings (SSSR count). The van der Waals surface area contributed by atoms with Crippen molar-refractivity contribution in [3.05, 3.63) is 34.9 Å². The molecule has 0 aliphatic heterocycles. The third kappa shape index (κ3) is 3.24. The summed E-state index contributed by atoms with van der Waals surface area (Å²) in [5, 5.41) is 0.525. The summed E-state index contributed by atoms with van der Waals surface area (Å²) in [7, 11) is 0. The van der Waals surface area contributed by atoms with Gasteiger partial charge in [-0.1, -0.05) is 39.8 Å². The zero-order valence-corrected chi connectivity index (χ0v) is 13.7. The van der Waals surface area contributed by atoms with E-state index in [1.54, 1.807) is 6.92 Å². The van der Waals surface area contributed by atoms with E-state index in [0.717, 1.165) is 27.4 Å². The van der Waals surface area contributed by atoms with Crippen molar-refractivity contribution in [3.63, 3.8) is 0 Å². The van der Waals surface area contributed by atoms with E-state index in [1.165, 1.54) is 11.8 Å². The first-order valence-electron chi connectivity index (χ1n) is 6.30. The van der Waals surface area contributed by atoms with E-state index in [1.807, 2.05) is 30.5 Å². The van der Waals surface area contributed by atoms with E-state index in [-0.39, 0.29) is 11.2 Å². The van der Waals surface area contributed by atoms with Crippen molar-refractivity contribution in [2.75, 3.05) is 0 Å². The second-order valence-electron chi connectivity index (χ2n) is 4.34. The molecule has 2 aromatic rings. The van der Waals surface area contributed by atoms with Gasteiger partial charge in [0.05, 0.1) is 17.1 Å². The molecule has 1 amide bonds. The van der Waals surface area contributed by atoms with Crippen molar-refractivity contribution in [2.45, 2.75) is 30.8 Å². The maximum Gasteiger partial charge on any atom is 0.230 e. The normalized spacial score (nSPS) is 12.3. The highest BCUT2D eigenvalue weighted by molar-refractivity contribution is 9.10. The number of thioether (sulfide) groups is 1. The maximum atomic E-state index is 11.2. The summed E-state index contributed by atoms with van der Waals surface area (Å²) in [6.45, 7) is 4.64. The van der Waals surface area contributed by atoms with Crippen LogP contribution in [-0.2, 0) is 11.3 Å². The summed E-state index contributed by atoms with van der Waals surface area (Å²) >= 11 is 4.82. The highest BCUT2D eigenvalue weighted by Crippen LogP contribution is 2.29. The van der Waals surface area contributed by atoms with E-state index in [4.69, 9.17) is 5.73 Å². The van der Waals surface area contributed by atoms with Crippen LogP contribution in [0.4, 0.5) is 0 Å². The fraction of sp³-hybridized carbons (Fsp3) is 0.286. The van der Waals surface area contributed by atoms with E-state index in [2.05, 4.69) is 32.4 Å². The number of hydrogen-bond acceptors (Lipinski definition) is 3. The first-order chi connectivity index (χ1) is 9.52. The summed E-state index contributed by atoms with van der Waals surface area (Å²) in [5.74, 6) is -0.328. The van der Waals surface area contributed by atoms with Gasteiger partial charge < -0.3 is 10.3 Å². The largest absolute Gasteiger partial charge is 0.369 e. The molecule has 0 saturated carbocycles. The van der Waals surface area contributed by atoms with Gasteiger partial charge in [-0.2, -0.15) is 0 Å². The van der Waals surface area contributed by atoms with Crippen LogP contribution in [0.25, 0.3) is 11.3 Å². The molecule has 0 spiro atoms. The minimum atomic E-state index is -0.328. The van der Waals surface area contributed by atoms with Gasteiger partial charge in [0.15, 0.2) is 5.16 Å². The predicted molar refractivity (Wildman–Crippen MR) is 85.6 cm³/mol. The Balaban J connectivity index is 2.34. The van der Waals surface area contributed by atoms with Crippen LogP contribution in [0, 0.1) is 0 Å². The zero-order valence-electron chi connectivity index (χ0n) is 11.3. The van der Waals surface area contributed by atoms with E-state index in [9.17, 15) is 4.79 Å². The molecule has 4 nitrogen and oxygen atoms in total. The molecule has 20 heavy (non-hydrogen) atoms. The SMILES string of the molecule is CCn1c(-c2ccc(Br)cc2)cnc1SC(C)C(N)=O. The quantitative estimate of drug-likeness (QED) is 0.838. The van der Waals surface area contributed by atoms with Crippen molar-refractivity contribution in [3.8, 4) is 11.3 Å². The van der Waals surface area contributed by atoms with E-state index < -0.39 is 0 Å². The smallest absolute Gasteiger partial charge is 0.230 e. The van der Waals surface area contributed by atoms with Crippen molar-refractivity contribution in [2.24, 2.45) is 5.73 Å². The molecule has 0 bridgehead atoms. The van der Waals surface area contributed by atoms with Crippen LogP contribution in [0.5, 0.6) is 0 Å². The number of nitrogens with two attached hydrogens (primary N) is 1. The summed E-state index contributed by atoms with van der Waals surface area (Å²) in [6, 6.07) is 8.08. The number of primary amides is 1. The Morgan fingerprint density at radius 3 is 2.65 bits per heavy atom. The number of nitrogens with zero attached hydrogens (tertiary/aromatic N) is 2. The van der Waals surface area contributed by atoms with Crippen LogP contribution in [0.1, 0.15) is 13.8 Å². The standard InChI is InChI=1S/C14H16BrN3OS/c1-3-18-12(10-4-6-11(15)7-5-10)8-17-14(18)20-9(2)13(16)19/h4-9H,3H2,1-2H3,(H2,16,19). The van der Waals surface area contributed by atoms with Gasteiger partial charge in [-0.25, -0.2) is 4.98 Å². The highest BCUT2D eigenvalue weighted by atomic mass is 79.9. The number of carbonyl (C=O) groups is 1. The average molecular weight is 354 g/mol. The molecular weight excluding hydrogens is 338 g/mol. The second-order valence-corrected chi connectivity index (χ2v) is 6.56. The topological polar surface area (TPSA) is 60.9 Å². The van der Waals surface area contributed by atoms with Gasteiger partial charge >= 0.3 is 0 Å². The van der Waals surface area contributed by atoms with Crippen LogP contribution in [0.15, 0.2) is 40.1 Å². The minimum absolute atomic E-state index is 0.291. The van der Waals surface area contributed by atoms with Crippen LogP contribution >= 0.6 is 27.7 Å². The molecule has 0 fully saturated rings. The molecule has 1 heterocycles. The van der Waals surface area contributed by atoms with Crippen LogP contribution in [0.2, 0.25) is 0 Å². The highest BCUT2D eigenvalue weighted by Gasteiger charge is 2.16. The van der Waals surface area contributed by atoms with Crippen molar-refractivity contribution >= 4 is 33.6 Å². The first-order valence-corrected chi connectivity index (χ1v) is 7.97. The Hall–Kier alpha value is -1.27. The Labute approximate surface area is 130 Å². The summed E-state index contributed by atoms with van der Waals surface area (Å²) in [5.41, 5.74) is 7.45. The summed E-state index contributed by atoms with van der Waals surface area (Å²) in [6.07, 6.45) is 1.84. The van der Waals surface area contributed by atoms with Gasteiger partial charge in [0.2, 0.25) is 5.91 Å². The third-order valence-electron chi connectivity index (χ3n) is 2.96. The van der Waals surface area contributed by atoms with Crippen LogP contribution in [-0.4, -0.2) is 20.7 Å². The Kier molecular flexibility index (Phi) is 4.88. The third-order valence-corrected chi connectivity index (χ3v) is 4.61. The lowest BCUT2D eigenvalue weighted by atomic mass is 10.2. The number of carbonyl (C=O) groups excluding carboxylic acids is 1. The molecule has 6 heteroatoms. The van der Waals surface area contributed by atoms with Gasteiger partial charge in [-0.3, -0.25) is 4.79 Å². The molecule has 0 aliphatic rings. The predicted octanol–water partition coefficient (Wildman–Crippen LogP) is 3.30.